The summed E-state index contributed by atoms with van der Waals surface area (Å²) in [7, 11) is 1.58. The second-order valence-electron chi connectivity index (χ2n) is 6.00. The molecular weight excluding hydrogens is 302 g/mol. The summed E-state index contributed by atoms with van der Waals surface area (Å²) >= 11 is 0. The van der Waals surface area contributed by atoms with E-state index in [1.54, 1.807) is 26.2 Å². The van der Waals surface area contributed by atoms with Crippen LogP contribution in [0.25, 0.3) is 0 Å². The van der Waals surface area contributed by atoms with E-state index in [0.29, 0.717) is 11.5 Å². The van der Waals surface area contributed by atoms with Crippen molar-refractivity contribution in [1.82, 2.24) is 5.32 Å². The van der Waals surface area contributed by atoms with E-state index < -0.39 is 6.10 Å². The Balaban J connectivity index is 2.04. The molecule has 1 amide bonds. The molecule has 0 heterocycles. The molecule has 0 aromatic heterocycles. The van der Waals surface area contributed by atoms with Gasteiger partial charge in [-0.1, -0.05) is 35.9 Å². The number of hydrogen-bond donors (Lipinski definition) is 1. The minimum Gasteiger partial charge on any atom is -0.493 e. The molecule has 0 saturated carbocycles. The third-order valence-electron chi connectivity index (χ3n) is 4.00. The van der Waals surface area contributed by atoms with E-state index in [-0.39, 0.29) is 11.9 Å². The van der Waals surface area contributed by atoms with E-state index in [0.717, 1.165) is 11.1 Å². The molecule has 0 aliphatic heterocycles. The fraction of sp³-hybridized carbons (Fsp3) is 0.350. The van der Waals surface area contributed by atoms with Crippen LogP contribution in [0, 0.1) is 13.8 Å². The molecule has 0 saturated heterocycles. The van der Waals surface area contributed by atoms with E-state index in [9.17, 15) is 4.79 Å². The van der Waals surface area contributed by atoms with Gasteiger partial charge >= 0.3 is 0 Å². The molecule has 2 atom stereocenters. The van der Waals surface area contributed by atoms with Gasteiger partial charge in [-0.05, 0) is 51.0 Å². The first-order valence-electron chi connectivity index (χ1n) is 8.09. The van der Waals surface area contributed by atoms with Gasteiger partial charge in [0.1, 0.15) is 0 Å². The molecular formula is C20H25NO3. The van der Waals surface area contributed by atoms with Crippen LogP contribution in [0.4, 0.5) is 0 Å². The number of carbonyl (C=O) groups excluding carboxylic acids is 1. The molecule has 0 bridgehead atoms. The van der Waals surface area contributed by atoms with Gasteiger partial charge in [0.25, 0.3) is 5.91 Å². The fourth-order valence-electron chi connectivity index (χ4n) is 2.60. The van der Waals surface area contributed by atoms with Crippen LogP contribution in [0.5, 0.6) is 11.5 Å². The predicted molar refractivity (Wildman–Crippen MR) is 95.6 cm³/mol. The van der Waals surface area contributed by atoms with E-state index >= 15 is 0 Å². The molecule has 0 aliphatic rings. The molecule has 0 radical (unpaired) electrons. The second-order valence-corrected chi connectivity index (χ2v) is 6.00. The molecule has 0 aliphatic carbocycles. The highest BCUT2D eigenvalue weighted by molar-refractivity contribution is 5.81. The average molecular weight is 327 g/mol. The van der Waals surface area contributed by atoms with Crippen LogP contribution in [-0.2, 0) is 4.79 Å². The predicted octanol–water partition coefficient (Wildman–Crippen LogP) is 3.96. The molecule has 0 unspecified atom stereocenters. The first-order valence-corrected chi connectivity index (χ1v) is 8.09. The highest BCUT2D eigenvalue weighted by Crippen LogP contribution is 2.27. The van der Waals surface area contributed by atoms with E-state index in [2.05, 4.69) is 23.5 Å². The van der Waals surface area contributed by atoms with Crippen LogP contribution in [0.1, 0.15) is 36.6 Å². The first-order chi connectivity index (χ1) is 11.4. The molecule has 2 aromatic rings. The van der Waals surface area contributed by atoms with Crippen LogP contribution >= 0.6 is 0 Å². The number of para-hydroxylation sites is 2. The Bertz CT molecular complexity index is 712. The lowest BCUT2D eigenvalue weighted by Crippen LogP contribution is -2.38. The van der Waals surface area contributed by atoms with Crippen molar-refractivity contribution >= 4 is 5.91 Å². The number of nitrogens with one attached hydrogen (secondary N) is 1. The average Bonchev–Trinajstić information content (AvgIpc) is 2.57. The second kappa shape index (κ2) is 7.86. The van der Waals surface area contributed by atoms with Crippen LogP contribution in [0.2, 0.25) is 0 Å². The van der Waals surface area contributed by atoms with E-state index in [1.165, 1.54) is 5.56 Å². The molecule has 4 heteroatoms. The molecule has 128 valence electrons. The minimum absolute atomic E-state index is 0.0823. The molecule has 24 heavy (non-hydrogen) atoms. The standard InChI is InChI=1S/C20H25NO3/c1-13-10-11-14(2)17(12-13)15(3)21-20(22)16(4)24-19-9-7-6-8-18(19)23-5/h6-12,15-16H,1-5H3,(H,21,22)/t15-,16-/m1/s1. The molecule has 0 spiro atoms. The SMILES string of the molecule is COc1ccccc1O[C@H](C)C(=O)N[C@H](C)c1cc(C)ccc1C. The Morgan fingerprint density at radius 3 is 2.38 bits per heavy atom. The normalized spacial score (nSPS) is 13.0. The number of methoxy groups -OCH3 is 1. The first kappa shape index (κ1) is 17.9. The molecule has 0 fully saturated rings. The number of aryl methyl sites for hydroxylation is 2. The number of carbonyl (C=O) groups is 1. The zero-order valence-corrected chi connectivity index (χ0v) is 14.9. The zero-order valence-electron chi connectivity index (χ0n) is 14.9. The van der Waals surface area contributed by atoms with Crippen molar-refractivity contribution in [3.63, 3.8) is 0 Å². The Hall–Kier alpha value is -2.49. The summed E-state index contributed by atoms with van der Waals surface area (Å²) in [5.41, 5.74) is 3.45. The summed E-state index contributed by atoms with van der Waals surface area (Å²) in [6.07, 6.45) is -0.617. The van der Waals surface area contributed by atoms with Crippen LogP contribution in [-0.4, -0.2) is 19.1 Å². The minimum atomic E-state index is -0.617. The summed E-state index contributed by atoms with van der Waals surface area (Å²) < 4.78 is 11.0. The van der Waals surface area contributed by atoms with Crippen LogP contribution in [0.3, 0.4) is 0 Å². The molecule has 1 N–H and O–H groups in total. The van der Waals surface area contributed by atoms with Crippen molar-refractivity contribution in [2.75, 3.05) is 7.11 Å². The molecule has 2 aromatic carbocycles. The summed E-state index contributed by atoms with van der Waals surface area (Å²) in [6, 6.07) is 13.5. The van der Waals surface area contributed by atoms with Gasteiger partial charge in [-0.2, -0.15) is 0 Å². The van der Waals surface area contributed by atoms with Gasteiger partial charge < -0.3 is 14.8 Å². The van der Waals surface area contributed by atoms with Gasteiger partial charge in [-0.25, -0.2) is 0 Å². The third kappa shape index (κ3) is 4.28. The van der Waals surface area contributed by atoms with Crippen molar-refractivity contribution in [3.8, 4) is 11.5 Å². The van der Waals surface area contributed by atoms with Crippen molar-refractivity contribution in [3.05, 3.63) is 59.2 Å². The van der Waals surface area contributed by atoms with E-state index in [4.69, 9.17) is 9.47 Å². The van der Waals surface area contributed by atoms with Crippen LogP contribution in [0.15, 0.2) is 42.5 Å². The zero-order chi connectivity index (χ0) is 17.7. The fourth-order valence-corrected chi connectivity index (χ4v) is 2.60. The van der Waals surface area contributed by atoms with E-state index in [1.807, 2.05) is 32.9 Å². The van der Waals surface area contributed by atoms with Crippen molar-refractivity contribution in [1.29, 1.82) is 0 Å². The lowest BCUT2D eigenvalue weighted by Gasteiger charge is -2.21. The number of ether oxygens (including phenoxy) is 2. The van der Waals surface area contributed by atoms with Gasteiger partial charge in [-0.3, -0.25) is 4.79 Å². The van der Waals surface area contributed by atoms with Gasteiger partial charge in [-0.15, -0.1) is 0 Å². The molecule has 2 rings (SSSR count). The summed E-state index contributed by atoms with van der Waals surface area (Å²) in [5, 5.41) is 3.02. The number of benzene rings is 2. The number of rotatable bonds is 6. The van der Waals surface area contributed by atoms with Crippen molar-refractivity contribution in [2.45, 2.75) is 39.8 Å². The highest BCUT2D eigenvalue weighted by atomic mass is 16.5. The maximum Gasteiger partial charge on any atom is 0.261 e. The quantitative estimate of drug-likeness (QED) is 0.874. The highest BCUT2D eigenvalue weighted by Gasteiger charge is 2.19. The number of amides is 1. The Kier molecular flexibility index (Phi) is 5.85. The summed E-state index contributed by atoms with van der Waals surface area (Å²) in [6.45, 7) is 7.81. The van der Waals surface area contributed by atoms with Gasteiger partial charge in [0.15, 0.2) is 17.6 Å². The maximum atomic E-state index is 12.5. The van der Waals surface area contributed by atoms with Crippen molar-refractivity contribution in [2.24, 2.45) is 0 Å². The van der Waals surface area contributed by atoms with Crippen molar-refractivity contribution < 1.29 is 14.3 Å². The summed E-state index contributed by atoms with van der Waals surface area (Å²) in [4.78, 5) is 12.5. The largest absolute Gasteiger partial charge is 0.493 e. The topological polar surface area (TPSA) is 47.6 Å². The smallest absolute Gasteiger partial charge is 0.261 e. The number of hydrogen-bond acceptors (Lipinski definition) is 3. The third-order valence-corrected chi connectivity index (χ3v) is 4.00. The van der Waals surface area contributed by atoms with Gasteiger partial charge in [0.05, 0.1) is 13.2 Å². The lowest BCUT2D eigenvalue weighted by molar-refractivity contribution is -0.127. The molecule has 4 nitrogen and oxygen atoms in total. The monoisotopic (exact) mass is 327 g/mol. The Morgan fingerprint density at radius 1 is 1.04 bits per heavy atom. The van der Waals surface area contributed by atoms with Gasteiger partial charge in [0, 0.05) is 0 Å². The Morgan fingerprint density at radius 2 is 1.71 bits per heavy atom. The maximum absolute atomic E-state index is 12.5. The lowest BCUT2D eigenvalue weighted by atomic mass is 10.00. The summed E-state index contributed by atoms with van der Waals surface area (Å²) in [5.74, 6) is 1.01. The Labute approximate surface area is 143 Å². The van der Waals surface area contributed by atoms with Gasteiger partial charge in [0.2, 0.25) is 0 Å². The van der Waals surface area contributed by atoms with Crippen LogP contribution < -0.4 is 14.8 Å².